The fraction of sp³-hybridized carbons (Fsp3) is 0.623. The van der Waals surface area contributed by atoms with Crippen molar-refractivity contribution < 1.29 is 28.6 Å². The summed E-state index contributed by atoms with van der Waals surface area (Å²) < 4.78 is 16.8. The topological polar surface area (TPSA) is 78.9 Å². The highest BCUT2D eigenvalue weighted by Crippen LogP contribution is 2.14. The summed E-state index contributed by atoms with van der Waals surface area (Å²) in [6, 6.07) is 0. The van der Waals surface area contributed by atoms with Crippen LogP contribution in [0, 0.1) is 0 Å². The number of esters is 3. The van der Waals surface area contributed by atoms with Crippen LogP contribution in [-0.4, -0.2) is 37.2 Å². The second-order valence-electron chi connectivity index (χ2n) is 17.5. The molecule has 0 aromatic rings. The van der Waals surface area contributed by atoms with Crippen LogP contribution in [0.2, 0.25) is 0 Å². The lowest BCUT2D eigenvalue weighted by Gasteiger charge is -2.18. The normalized spacial score (nSPS) is 13.1. The number of allylic oxidation sites excluding steroid dienone is 20. The van der Waals surface area contributed by atoms with E-state index in [-0.39, 0.29) is 31.1 Å². The molecule has 0 bridgehead atoms. The zero-order chi connectivity index (χ0) is 48.6. The number of rotatable bonds is 47. The predicted octanol–water partition coefficient (Wildman–Crippen LogP) is 18.1. The third-order valence-electron chi connectivity index (χ3n) is 11.0. The van der Waals surface area contributed by atoms with Gasteiger partial charge in [0.2, 0.25) is 0 Å². The molecular formula is C61H98O6. The Hall–Kier alpha value is -4.19. The molecule has 0 radical (unpaired) electrons. The Morgan fingerprint density at radius 1 is 0.328 bits per heavy atom. The minimum atomic E-state index is -0.808. The average molecular weight is 927 g/mol. The molecule has 6 nitrogen and oxygen atoms in total. The second kappa shape index (κ2) is 54.4. The Morgan fingerprint density at radius 3 is 1.10 bits per heavy atom. The van der Waals surface area contributed by atoms with E-state index in [1.165, 1.54) is 64.2 Å². The molecule has 0 aliphatic carbocycles. The van der Waals surface area contributed by atoms with E-state index in [0.29, 0.717) is 19.3 Å². The first-order valence-electron chi connectivity index (χ1n) is 27.1. The van der Waals surface area contributed by atoms with E-state index in [2.05, 4.69) is 106 Å². The van der Waals surface area contributed by atoms with Gasteiger partial charge in [-0.2, -0.15) is 0 Å². The summed E-state index contributed by atoms with van der Waals surface area (Å²) in [6.07, 6.45) is 74.7. The van der Waals surface area contributed by atoms with Crippen molar-refractivity contribution in [1.82, 2.24) is 0 Å². The van der Waals surface area contributed by atoms with Crippen molar-refractivity contribution in [2.24, 2.45) is 0 Å². The molecule has 0 N–H and O–H groups in total. The fourth-order valence-electron chi connectivity index (χ4n) is 7.00. The Kier molecular flexibility index (Phi) is 51.0. The Bertz CT molecular complexity index is 1440. The number of ether oxygens (including phenoxy) is 3. The third-order valence-corrected chi connectivity index (χ3v) is 11.0. The van der Waals surface area contributed by atoms with Gasteiger partial charge in [-0.05, 0) is 109 Å². The van der Waals surface area contributed by atoms with Crippen molar-refractivity contribution in [3.05, 3.63) is 122 Å². The average Bonchev–Trinajstić information content (AvgIpc) is 3.33. The van der Waals surface area contributed by atoms with Crippen LogP contribution in [0.15, 0.2) is 122 Å². The first-order valence-corrected chi connectivity index (χ1v) is 27.1. The van der Waals surface area contributed by atoms with Crippen molar-refractivity contribution in [3.63, 3.8) is 0 Å². The van der Waals surface area contributed by atoms with Gasteiger partial charge in [-0.1, -0.05) is 219 Å². The van der Waals surface area contributed by atoms with E-state index in [1.807, 2.05) is 36.5 Å². The molecule has 0 aliphatic heterocycles. The maximum absolute atomic E-state index is 12.8. The van der Waals surface area contributed by atoms with Gasteiger partial charge >= 0.3 is 17.9 Å². The molecule has 0 fully saturated rings. The minimum absolute atomic E-state index is 0.105. The van der Waals surface area contributed by atoms with Gasteiger partial charge in [-0.15, -0.1) is 0 Å². The third kappa shape index (κ3) is 52.6. The molecule has 0 heterocycles. The van der Waals surface area contributed by atoms with Gasteiger partial charge in [0.1, 0.15) is 13.2 Å². The highest BCUT2D eigenvalue weighted by Gasteiger charge is 2.19. The van der Waals surface area contributed by atoms with Gasteiger partial charge < -0.3 is 14.2 Å². The number of carbonyl (C=O) groups excluding carboxylic acids is 3. The van der Waals surface area contributed by atoms with Crippen molar-refractivity contribution >= 4 is 17.9 Å². The molecule has 0 rings (SSSR count). The van der Waals surface area contributed by atoms with Gasteiger partial charge in [0.15, 0.2) is 6.10 Å². The summed E-state index contributed by atoms with van der Waals surface area (Å²) in [5.41, 5.74) is 0. The van der Waals surface area contributed by atoms with Gasteiger partial charge in [-0.25, -0.2) is 0 Å². The van der Waals surface area contributed by atoms with Gasteiger partial charge in [-0.3, -0.25) is 14.4 Å². The molecule has 67 heavy (non-hydrogen) atoms. The fourth-order valence-corrected chi connectivity index (χ4v) is 7.00. The smallest absolute Gasteiger partial charge is 0.306 e. The standard InChI is InChI=1S/C61H98O6/c1-4-7-10-13-16-19-22-25-27-29-30-32-33-36-39-42-45-48-51-54-60(63)66-57-58(56-65-59(62)53-50-47-44-41-38-35-24-21-18-15-12-9-6-3)67-61(64)55-52-49-46-43-40-37-34-31-28-26-23-20-17-14-11-8-5-2/h7,9-10,12,15-21,24-28,30,32,35,38,58H,4-6,8,11,13-14,22-23,29,31,33-34,36-37,39-57H2,1-3H3/b10-7-,12-9-,18-15-,19-16-,20-17-,24-21-,27-25-,28-26-,32-30-,38-35-. The first-order chi connectivity index (χ1) is 33.0. The molecule has 0 saturated carbocycles. The number of hydrogen-bond acceptors (Lipinski definition) is 6. The minimum Gasteiger partial charge on any atom is -0.462 e. The Balaban J connectivity index is 4.48. The van der Waals surface area contributed by atoms with E-state index in [9.17, 15) is 14.4 Å². The number of unbranched alkanes of at least 4 members (excludes halogenated alkanes) is 19. The summed E-state index contributed by atoms with van der Waals surface area (Å²) in [7, 11) is 0. The molecule has 0 spiro atoms. The summed E-state index contributed by atoms with van der Waals surface area (Å²) >= 11 is 0. The maximum atomic E-state index is 12.8. The largest absolute Gasteiger partial charge is 0.462 e. The summed E-state index contributed by atoms with van der Waals surface area (Å²) in [5, 5.41) is 0. The lowest BCUT2D eigenvalue weighted by atomic mass is 10.1. The quantitative estimate of drug-likeness (QED) is 0.0199. The Labute approximate surface area is 412 Å². The van der Waals surface area contributed by atoms with Gasteiger partial charge in [0, 0.05) is 19.3 Å². The van der Waals surface area contributed by atoms with Crippen LogP contribution < -0.4 is 0 Å². The van der Waals surface area contributed by atoms with Crippen molar-refractivity contribution in [3.8, 4) is 0 Å². The Morgan fingerprint density at radius 2 is 0.657 bits per heavy atom. The molecule has 378 valence electrons. The van der Waals surface area contributed by atoms with Crippen LogP contribution >= 0.6 is 0 Å². The van der Waals surface area contributed by atoms with Crippen LogP contribution in [-0.2, 0) is 28.6 Å². The molecule has 1 atom stereocenters. The van der Waals surface area contributed by atoms with Crippen LogP contribution in [0.5, 0.6) is 0 Å². The van der Waals surface area contributed by atoms with E-state index < -0.39 is 6.10 Å². The summed E-state index contributed by atoms with van der Waals surface area (Å²) in [5.74, 6) is -0.971. The van der Waals surface area contributed by atoms with Crippen LogP contribution in [0.1, 0.15) is 226 Å². The summed E-state index contributed by atoms with van der Waals surface area (Å²) in [4.78, 5) is 38.1. The number of hydrogen-bond donors (Lipinski definition) is 0. The van der Waals surface area contributed by atoms with Crippen LogP contribution in [0.4, 0.5) is 0 Å². The molecule has 0 aromatic heterocycles. The monoisotopic (exact) mass is 927 g/mol. The predicted molar refractivity (Wildman–Crippen MR) is 288 cm³/mol. The molecule has 1 unspecified atom stereocenters. The second-order valence-corrected chi connectivity index (χ2v) is 17.5. The van der Waals surface area contributed by atoms with Crippen molar-refractivity contribution in [2.45, 2.75) is 232 Å². The first kappa shape index (κ1) is 62.8. The highest BCUT2D eigenvalue weighted by molar-refractivity contribution is 5.71. The van der Waals surface area contributed by atoms with Crippen molar-refractivity contribution in [2.75, 3.05) is 13.2 Å². The van der Waals surface area contributed by atoms with Crippen molar-refractivity contribution in [1.29, 1.82) is 0 Å². The molecule has 0 saturated heterocycles. The zero-order valence-corrected chi connectivity index (χ0v) is 43.1. The molecule has 0 aliphatic rings. The van der Waals surface area contributed by atoms with E-state index in [0.717, 1.165) is 122 Å². The maximum Gasteiger partial charge on any atom is 0.306 e. The van der Waals surface area contributed by atoms with Crippen LogP contribution in [0.25, 0.3) is 0 Å². The van der Waals surface area contributed by atoms with E-state index in [4.69, 9.17) is 14.2 Å². The molecule has 6 heteroatoms. The highest BCUT2D eigenvalue weighted by atomic mass is 16.6. The van der Waals surface area contributed by atoms with E-state index >= 15 is 0 Å². The lowest BCUT2D eigenvalue weighted by molar-refractivity contribution is -0.167. The van der Waals surface area contributed by atoms with Gasteiger partial charge in [0.25, 0.3) is 0 Å². The molecule has 0 amide bonds. The summed E-state index contributed by atoms with van der Waals surface area (Å²) in [6.45, 7) is 6.30. The van der Waals surface area contributed by atoms with Gasteiger partial charge in [0.05, 0.1) is 0 Å². The lowest BCUT2D eigenvalue weighted by Crippen LogP contribution is -2.30. The molecular weight excluding hydrogens is 829 g/mol. The SMILES string of the molecule is CC\C=C/C=C\C=C/C=C\CCCCCC(=O)OCC(COC(=O)CCCCCCCC/C=C\C/C=C\C/C=C\C/C=C\CC)OC(=O)CCCCCCCCC/C=C\C/C=C\CCCCC. The zero-order valence-electron chi connectivity index (χ0n) is 43.1. The number of carbonyl (C=O) groups is 3. The van der Waals surface area contributed by atoms with E-state index in [1.54, 1.807) is 0 Å². The van der Waals surface area contributed by atoms with Crippen LogP contribution in [0.3, 0.4) is 0 Å². The molecule has 0 aromatic carbocycles.